The second-order valence-corrected chi connectivity index (χ2v) is 12.7. The van der Waals surface area contributed by atoms with E-state index in [1.54, 1.807) is 6.07 Å². The molecular weight excluding hydrogens is 477 g/mol. The van der Waals surface area contributed by atoms with E-state index in [0.29, 0.717) is 50.0 Å². The molecule has 2 heterocycles. The Kier molecular flexibility index (Phi) is 6.71. The molecule has 1 amide bonds. The van der Waals surface area contributed by atoms with Crippen molar-refractivity contribution in [2.75, 3.05) is 37.6 Å². The zero-order valence-electron chi connectivity index (χ0n) is 22.1. The summed E-state index contributed by atoms with van der Waals surface area (Å²) in [6.07, 6.45) is 3.54. The van der Waals surface area contributed by atoms with Gasteiger partial charge in [-0.2, -0.15) is 13.2 Å². The topological polar surface area (TPSA) is 38.8 Å². The number of likely N-dealkylation sites (tertiary alicyclic amines) is 1. The average molecular weight is 519 g/mol. The van der Waals surface area contributed by atoms with Crippen LogP contribution in [0.5, 0.6) is 0 Å². The number of piperazine rings is 1. The molecule has 1 N–H and O–H groups in total. The van der Waals surface area contributed by atoms with Gasteiger partial charge in [0.15, 0.2) is 0 Å². The number of carbonyl (C=O) groups is 1. The first-order valence-corrected chi connectivity index (χ1v) is 14.4. The number of amides is 1. The number of alkyl halides is 3. The highest BCUT2D eigenvalue weighted by Crippen LogP contribution is 2.54. The zero-order valence-corrected chi connectivity index (χ0v) is 22.1. The average Bonchev–Trinajstić information content (AvgIpc) is 3.29. The van der Waals surface area contributed by atoms with Crippen LogP contribution >= 0.6 is 0 Å². The minimum atomic E-state index is -4.35. The van der Waals surface area contributed by atoms with Gasteiger partial charge in [-0.05, 0) is 94.2 Å². The summed E-state index contributed by atoms with van der Waals surface area (Å²) < 4.78 is 39.5. The highest BCUT2D eigenvalue weighted by molar-refractivity contribution is 5.82. The monoisotopic (exact) mass is 518 g/mol. The summed E-state index contributed by atoms with van der Waals surface area (Å²) in [6.45, 7) is 7.47. The number of halogens is 3. The quantitative estimate of drug-likeness (QED) is 0.618. The third-order valence-corrected chi connectivity index (χ3v) is 10.1. The molecule has 5 nitrogen and oxygen atoms in total. The lowest BCUT2D eigenvalue weighted by atomic mass is 9.54. The van der Waals surface area contributed by atoms with E-state index in [2.05, 4.69) is 24.1 Å². The Morgan fingerprint density at radius 2 is 1.59 bits per heavy atom. The maximum atomic E-state index is 13.7. The van der Waals surface area contributed by atoms with Gasteiger partial charge in [-0.15, -0.1) is 0 Å². The molecule has 204 valence electrons. The standard InChI is InChI=1S/C29H41F3N4O/c1-18(2)36-17-24(33-27-21-11-19-10-20(13-21)14-22(27)12-19)16-26(36)28(37)35-8-6-34(7-9-35)25-5-3-4-23(15-25)29(30,31)32/h3-5,15,18-22,24,26-27,33H,6-14,16-17H2,1-2H3/t19?,20?,21?,22?,24-,26+,27?/m1/s1. The number of nitrogens with zero attached hydrogens (tertiary/aromatic N) is 3. The molecule has 6 aliphatic rings. The Morgan fingerprint density at radius 1 is 0.946 bits per heavy atom. The van der Waals surface area contributed by atoms with Gasteiger partial charge in [-0.25, -0.2) is 0 Å². The maximum Gasteiger partial charge on any atom is 0.416 e. The summed E-state index contributed by atoms with van der Waals surface area (Å²) in [7, 11) is 0. The van der Waals surface area contributed by atoms with Crippen molar-refractivity contribution in [1.29, 1.82) is 0 Å². The van der Waals surface area contributed by atoms with Gasteiger partial charge in [-0.1, -0.05) is 6.07 Å². The minimum Gasteiger partial charge on any atom is -0.368 e. The number of anilines is 1. The Bertz CT molecular complexity index is 962. The van der Waals surface area contributed by atoms with E-state index >= 15 is 0 Å². The van der Waals surface area contributed by atoms with E-state index in [-0.39, 0.29) is 11.9 Å². The fraction of sp³-hybridized carbons (Fsp3) is 0.759. The first-order chi connectivity index (χ1) is 17.7. The second kappa shape index (κ2) is 9.74. The predicted octanol–water partition coefficient (Wildman–Crippen LogP) is 4.62. The Labute approximate surface area is 218 Å². The van der Waals surface area contributed by atoms with Crippen LogP contribution in [0.15, 0.2) is 24.3 Å². The molecule has 4 bridgehead atoms. The summed E-state index contributed by atoms with van der Waals surface area (Å²) in [5.74, 6) is 3.75. The molecule has 0 spiro atoms. The fourth-order valence-electron chi connectivity index (χ4n) is 8.54. The van der Waals surface area contributed by atoms with E-state index in [0.717, 1.165) is 42.7 Å². The summed E-state index contributed by atoms with van der Waals surface area (Å²) in [5, 5.41) is 4.07. The second-order valence-electron chi connectivity index (χ2n) is 12.7. The molecule has 0 unspecified atom stereocenters. The number of rotatable bonds is 5. The molecular formula is C29H41F3N4O. The zero-order chi connectivity index (χ0) is 25.9. The lowest BCUT2D eigenvalue weighted by Crippen LogP contribution is -2.57. The maximum absolute atomic E-state index is 13.7. The van der Waals surface area contributed by atoms with Crippen LogP contribution in [0.1, 0.15) is 57.9 Å². The molecule has 8 heteroatoms. The number of hydrogen-bond donors (Lipinski definition) is 1. The van der Waals surface area contributed by atoms with Crippen LogP contribution in [0.25, 0.3) is 0 Å². The normalized spacial score (nSPS) is 36.1. The number of nitrogens with one attached hydrogen (secondary N) is 1. The lowest BCUT2D eigenvalue weighted by Gasteiger charge is -2.55. The number of hydrogen-bond acceptors (Lipinski definition) is 4. The van der Waals surface area contributed by atoms with Crippen molar-refractivity contribution in [1.82, 2.24) is 15.1 Å². The van der Waals surface area contributed by atoms with Gasteiger partial charge in [0.25, 0.3) is 0 Å². The van der Waals surface area contributed by atoms with Gasteiger partial charge in [0, 0.05) is 56.5 Å². The summed E-state index contributed by atoms with van der Waals surface area (Å²) in [6, 6.07) is 6.67. The fourth-order valence-corrected chi connectivity index (χ4v) is 8.54. The third-order valence-electron chi connectivity index (χ3n) is 10.1. The van der Waals surface area contributed by atoms with E-state index in [9.17, 15) is 18.0 Å². The smallest absolute Gasteiger partial charge is 0.368 e. The molecule has 1 aromatic carbocycles. The van der Waals surface area contributed by atoms with Crippen LogP contribution in [0.3, 0.4) is 0 Å². The Balaban J connectivity index is 1.07. The van der Waals surface area contributed by atoms with E-state index in [1.807, 2.05) is 9.80 Å². The van der Waals surface area contributed by atoms with Gasteiger partial charge in [0.05, 0.1) is 11.6 Å². The summed E-state index contributed by atoms with van der Waals surface area (Å²) in [4.78, 5) is 20.0. The molecule has 6 fully saturated rings. The van der Waals surface area contributed by atoms with E-state index < -0.39 is 11.7 Å². The molecule has 4 saturated carbocycles. The van der Waals surface area contributed by atoms with Gasteiger partial charge in [0.1, 0.15) is 0 Å². The van der Waals surface area contributed by atoms with Gasteiger partial charge in [0.2, 0.25) is 5.91 Å². The largest absolute Gasteiger partial charge is 0.416 e. The Morgan fingerprint density at radius 3 is 2.19 bits per heavy atom. The SMILES string of the molecule is CC(C)N1C[C@H](NC2C3CC4CC(C3)CC2C4)C[C@H]1C(=O)N1CCN(c2cccc(C(F)(F)F)c2)CC1. The highest BCUT2D eigenvalue weighted by atomic mass is 19.4. The molecule has 7 rings (SSSR count). The van der Waals surface area contributed by atoms with Crippen molar-refractivity contribution in [2.24, 2.45) is 23.7 Å². The van der Waals surface area contributed by atoms with E-state index in [1.165, 1.54) is 44.2 Å². The number of benzene rings is 1. The van der Waals surface area contributed by atoms with Crippen molar-refractivity contribution in [3.63, 3.8) is 0 Å². The molecule has 2 saturated heterocycles. The van der Waals surface area contributed by atoms with Crippen LogP contribution in [0, 0.1) is 23.7 Å². The van der Waals surface area contributed by atoms with Gasteiger partial charge in [-0.3, -0.25) is 9.69 Å². The molecule has 1 aromatic rings. The van der Waals surface area contributed by atoms with Crippen LogP contribution in [0.4, 0.5) is 18.9 Å². The Hall–Kier alpha value is -1.80. The molecule has 2 aliphatic heterocycles. The van der Waals surface area contributed by atoms with Crippen molar-refractivity contribution in [2.45, 2.75) is 82.7 Å². The molecule has 0 aromatic heterocycles. The van der Waals surface area contributed by atoms with Crippen molar-refractivity contribution in [3.05, 3.63) is 29.8 Å². The number of carbonyl (C=O) groups excluding carboxylic acids is 1. The molecule has 37 heavy (non-hydrogen) atoms. The van der Waals surface area contributed by atoms with Crippen LogP contribution < -0.4 is 10.2 Å². The van der Waals surface area contributed by atoms with Gasteiger partial charge >= 0.3 is 6.18 Å². The summed E-state index contributed by atoms with van der Waals surface area (Å²) >= 11 is 0. The minimum absolute atomic E-state index is 0.116. The van der Waals surface area contributed by atoms with Crippen LogP contribution in [0.2, 0.25) is 0 Å². The summed E-state index contributed by atoms with van der Waals surface area (Å²) in [5.41, 5.74) is -0.0498. The third kappa shape index (κ3) is 5.00. The van der Waals surface area contributed by atoms with Crippen molar-refractivity contribution >= 4 is 11.6 Å². The predicted molar refractivity (Wildman–Crippen MR) is 138 cm³/mol. The molecule has 2 atom stereocenters. The van der Waals surface area contributed by atoms with Crippen LogP contribution in [-0.2, 0) is 11.0 Å². The first kappa shape index (κ1) is 25.5. The highest BCUT2D eigenvalue weighted by Gasteiger charge is 2.50. The lowest BCUT2D eigenvalue weighted by molar-refractivity contribution is -0.137. The van der Waals surface area contributed by atoms with Crippen molar-refractivity contribution in [3.8, 4) is 0 Å². The molecule has 0 radical (unpaired) electrons. The van der Waals surface area contributed by atoms with E-state index in [4.69, 9.17) is 0 Å². The van der Waals surface area contributed by atoms with Crippen LogP contribution in [-0.4, -0.2) is 72.6 Å². The first-order valence-electron chi connectivity index (χ1n) is 14.4. The van der Waals surface area contributed by atoms with Gasteiger partial charge < -0.3 is 15.1 Å². The van der Waals surface area contributed by atoms with Crippen molar-refractivity contribution < 1.29 is 18.0 Å². The molecule has 4 aliphatic carbocycles.